The summed E-state index contributed by atoms with van der Waals surface area (Å²) >= 11 is 0. The van der Waals surface area contributed by atoms with E-state index in [9.17, 15) is 4.79 Å². The van der Waals surface area contributed by atoms with E-state index < -0.39 is 0 Å². The van der Waals surface area contributed by atoms with Crippen LogP contribution in [0, 0.1) is 0 Å². The predicted molar refractivity (Wildman–Crippen MR) is 78.8 cm³/mol. The molecule has 0 aliphatic carbocycles. The van der Waals surface area contributed by atoms with Crippen molar-refractivity contribution in [3.05, 3.63) is 48.4 Å². The fourth-order valence-electron chi connectivity index (χ4n) is 2.49. The van der Waals surface area contributed by atoms with Crippen LogP contribution in [0.2, 0.25) is 0 Å². The van der Waals surface area contributed by atoms with E-state index in [0.29, 0.717) is 31.0 Å². The number of hydrogen-bond donors (Lipinski definition) is 0. The summed E-state index contributed by atoms with van der Waals surface area (Å²) in [5, 5.41) is 0. The maximum Gasteiger partial charge on any atom is 0.257 e. The number of benzene rings is 1. The quantitative estimate of drug-likeness (QED) is 0.846. The van der Waals surface area contributed by atoms with Gasteiger partial charge in [-0.05, 0) is 6.92 Å². The second-order valence-electron chi connectivity index (χ2n) is 5.08. The Morgan fingerprint density at radius 1 is 1.33 bits per heavy atom. The van der Waals surface area contributed by atoms with Gasteiger partial charge in [0.2, 0.25) is 0 Å². The summed E-state index contributed by atoms with van der Waals surface area (Å²) in [5.41, 5.74) is 2.14. The molecule has 0 N–H and O–H groups in total. The van der Waals surface area contributed by atoms with Crippen LogP contribution < -0.4 is 0 Å². The van der Waals surface area contributed by atoms with E-state index >= 15 is 0 Å². The van der Waals surface area contributed by atoms with Crippen molar-refractivity contribution < 1.29 is 9.53 Å². The molecule has 1 aromatic heterocycles. The smallest absolute Gasteiger partial charge is 0.257 e. The van der Waals surface area contributed by atoms with Crippen LogP contribution in [-0.2, 0) is 4.74 Å². The molecule has 5 nitrogen and oxygen atoms in total. The second kappa shape index (κ2) is 6.01. The van der Waals surface area contributed by atoms with Gasteiger partial charge in [-0.1, -0.05) is 30.3 Å². The van der Waals surface area contributed by atoms with Crippen LogP contribution >= 0.6 is 0 Å². The monoisotopic (exact) mass is 283 g/mol. The number of carbonyl (C=O) groups excluding carboxylic acids is 1. The first-order chi connectivity index (χ1) is 10.3. The molecular weight excluding hydrogens is 266 g/mol. The summed E-state index contributed by atoms with van der Waals surface area (Å²) < 4.78 is 5.48. The average Bonchev–Trinajstić information content (AvgIpc) is 2.55. The van der Waals surface area contributed by atoms with Gasteiger partial charge in [0, 0.05) is 24.8 Å². The van der Waals surface area contributed by atoms with E-state index in [-0.39, 0.29) is 12.0 Å². The Morgan fingerprint density at radius 2 is 2.14 bits per heavy atom. The van der Waals surface area contributed by atoms with Crippen molar-refractivity contribution >= 4 is 5.91 Å². The van der Waals surface area contributed by atoms with Crippen molar-refractivity contribution in [1.29, 1.82) is 0 Å². The lowest BCUT2D eigenvalue weighted by atomic mass is 10.1. The first-order valence-corrected chi connectivity index (χ1v) is 7.02. The molecule has 2 aromatic rings. The molecule has 5 heteroatoms. The van der Waals surface area contributed by atoms with Gasteiger partial charge in [-0.2, -0.15) is 0 Å². The lowest BCUT2D eigenvalue weighted by molar-refractivity contribution is -0.0124. The van der Waals surface area contributed by atoms with Crippen LogP contribution in [0.1, 0.15) is 17.3 Å². The minimum atomic E-state index is -0.0374. The van der Waals surface area contributed by atoms with Crippen LogP contribution in [-0.4, -0.2) is 46.6 Å². The molecule has 1 unspecified atom stereocenters. The number of amides is 1. The van der Waals surface area contributed by atoms with Crippen molar-refractivity contribution in [3.8, 4) is 11.3 Å². The molecular formula is C16H17N3O2. The third kappa shape index (κ3) is 2.92. The van der Waals surface area contributed by atoms with E-state index in [1.54, 1.807) is 11.1 Å². The van der Waals surface area contributed by atoms with Gasteiger partial charge in [-0.15, -0.1) is 0 Å². The van der Waals surface area contributed by atoms with Crippen molar-refractivity contribution in [2.45, 2.75) is 13.0 Å². The second-order valence-corrected chi connectivity index (χ2v) is 5.08. The van der Waals surface area contributed by atoms with Crippen LogP contribution in [0.5, 0.6) is 0 Å². The maximum atomic E-state index is 12.7. The normalized spacial score (nSPS) is 18.5. The predicted octanol–water partition coefficient (Wildman–Crippen LogP) is 2.00. The standard InChI is InChI=1S/C16H17N3O2/c1-12-10-19(7-8-21-12)16(20)14-9-17-11-18-15(14)13-5-3-2-4-6-13/h2-6,9,11-12H,7-8,10H2,1H3. The fraction of sp³-hybridized carbons (Fsp3) is 0.312. The number of morpholine rings is 1. The molecule has 108 valence electrons. The zero-order chi connectivity index (χ0) is 14.7. The molecule has 0 bridgehead atoms. The lowest BCUT2D eigenvalue weighted by Crippen LogP contribution is -2.44. The highest BCUT2D eigenvalue weighted by Crippen LogP contribution is 2.22. The fourth-order valence-corrected chi connectivity index (χ4v) is 2.49. The van der Waals surface area contributed by atoms with E-state index in [2.05, 4.69) is 9.97 Å². The van der Waals surface area contributed by atoms with E-state index in [4.69, 9.17) is 4.74 Å². The summed E-state index contributed by atoms with van der Waals surface area (Å²) in [6, 6.07) is 9.70. The van der Waals surface area contributed by atoms with Crippen LogP contribution in [0.25, 0.3) is 11.3 Å². The molecule has 2 heterocycles. The van der Waals surface area contributed by atoms with Crippen LogP contribution in [0.4, 0.5) is 0 Å². The van der Waals surface area contributed by atoms with Gasteiger partial charge in [-0.3, -0.25) is 4.79 Å². The first kappa shape index (κ1) is 13.7. The number of nitrogens with zero attached hydrogens (tertiary/aromatic N) is 3. The first-order valence-electron chi connectivity index (χ1n) is 7.02. The Balaban J connectivity index is 1.94. The van der Waals surface area contributed by atoms with Gasteiger partial charge in [-0.25, -0.2) is 9.97 Å². The zero-order valence-electron chi connectivity index (χ0n) is 11.9. The third-order valence-electron chi connectivity index (χ3n) is 3.52. The summed E-state index contributed by atoms with van der Waals surface area (Å²) in [5.74, 6) is -0.0374. The average molecular weight is 283 g/mol. The molecule has 1 amide bonds. The van der Waals surface area contributed by atoms with Gasteiger partial charge in [0.25, 0.3) is 5.91 Å². The zero-order valence-corrected chi connectivity index (χ0v) is 11.9. The van der Waals surface area contributed by atoms with Crippen LogP contribution in [0.15, 0.2) is 42.9 Å². The lowest BCUT2D eigenvalue weighted by Gasteiger charge is -2.31. The summed E-state index contributed by atoms with van der Waals surface area (Å²) in [4.78, 5) is 22.8. The van der Waals surface area contributed by atoms with E-state index in [1.165, 1.54) is 6.33 Å². The van der Waals surface area contributed by atoms with E-state index in [1.807, 2.05) is 37.3 Å². The number of rotatable bonds is 2. The van der Waals surface area contributed by atoms with E-state index in [0.717, 1.165) is 5.56 Å². The van der Waals surface area contributed by atoms with Crippen molar-refractivity contribution in [1.82, 2.24) is 14.9 Å². The summed E-state index contributed by atoms with van der Waals surface area (Å²) in [7, 11) is 0. The van der Waals surface area contributed by atoms with Crippen molar-refractivity contribution in [2.75, 3.05) is 19.7 Å². The molecule has 3 rings (SSSR count). The molecule has 0 saturated carbocycles. The molecule has 0 radical (unpaired) electrons. The van der Waals surface area contributed by atoms with Gasteiger partial charge in [0.15, 0.2) is 0 Å². The van der Waals surface area contributed by atoms with Crippen LogP contribution in [0.3, 0.4) is 0 Å². The molecule has 1 aliphatic heterocycles. The summed E-state index contributed by atoms with van der Waals surface area (Å²) in [6.07, 6.45) is 3.13. The highest BCUT2D eigenvalue weighted by molar-refractivity contribution is 5.99. The Hall–Kier alpha value is -2.27. The largest absolute Gasteiger partial charge is 0.375 e. The van der Waals surface area contributed by atoms with Gasteiger partial charge in [0.1, 0.15) is 6.33 Å². The Kier molecular flexibility index (Phi) is 3.92. The minimum absolute atomic E-state index is 0.0374. The third-order valence-corrected chi connectivity index (χ3v) is 3.52. The highest BCUT2D eigenvalue weighted by atomic mass is 16.5. The Morgan fingerprint density at radius 3 is 2.90 bits per heavy atom. The molecule has 1 atom stereocenters. The Labute approximate surface area is 123 Å². The topological polar surface area (TPSA) is 55.3 Å². The van der Waals surface area contributed by atoms with Gasteiger partial charge >= 0.3 is 0 Å². The Bertz CT molecular complexity index is 630. The number of carbonyl (C=O) groups is 1. The SMILES string of the molecule is CC1CN(C(=O)c2cncnc2-c2ccccc2)CCO1. The molecule has 21 heavy (non-hydrogen) atoms. The van der Waals surface area contributed by atoms with Gasteiger partial charge in [0.05, 0.1) is 24.0 Å². The molecule has 0 spiro atoms. The molecule has 1 aromatic carbocycles. The van der Waals surface area contributed by atoms with Crippen molar-refractivity contribution in [2.24, 2.45) is 0 Å². The number of ether oxygens (including phenoxy) is 1. The molecule has 1 fully saturated rings. The minimum Gasteiger partial charge on any atom is -0.375 e. The van der Waals surface area contributed by atoms with Gasteiger partial charge < -0.3 is 9.64 Å². The maximum absolute atomic E-state index is 12.7. The summed E-state index contributed by atoms with van der Waals surface area (Å²) in [6.45, 7) is 3.74. The highest BCUT2D eigenvalue weighted by Gasteiger charge is 2.25. The molecule has 1 saturated heterocycles. The van der Waals surface area contributed by atoms with Crippen molar-refractivity contribution in [3.63, 3.8) is 0 Å². The molecule has 1 aliphatic rings. The number of aromatic nitrogens is 2. The number of hydrogen-bond acceptors (Lipinski definition) is 4.